The molecule has 1 aliphatic heterocycles. The summed E-state index contributed by atoms with van der Waals surface area (Å²) in [6.45, 7) is 13.1. The number of nitrogens with one attached hydrogen (secondary N) is 1. The third-order valence-corrected chi connectivity index (χ3v) is 8.81. The Bertz CT molecular complexity index is 1410. The summed E-state index contributed by atoms with van der Waals surface area (Å²) in [7, 11) is 3.18. The fraction of sp³-hybridized carbons (Fsp3) is 0.459. The van der Waals surface area contributed by atoms with Crippen LogP contribution in [0.3, 0.4) is 0 Å². The molecule has 0 bridgehead atoms. The maximum Gasteiger partial charge on any atom is 0.326 e. The molecular weight excluding hydrogens is 552 g/mol. The number of benzene rings is 3. The number of carboxylic acid groups (broad SMARTS) is 1. The molecule has 0 saturated carbocycles. The van der Waals surface area contributed by atoms with Crippen LogP contribution >= 0.6 is 0 Å². The second-order valence-electron chi connectivity index (χ2n) is 13.9. The lowest BCUT2D eigenvalue weighted by Gasteiger charge is -2.35. The van der Waals surface area contributed by atoms with E-state index in [4.69, 9.17) is 9.47 Å². The first-order chi connectivity index (χ1) is 20.8. The number of hydrogen-bond acceptors (Lipinski definition) is 5. The molecule has 3 aromatic rings. The lowest BCUT2D eigenvalue weighted by Crippen LogP contribution is -2.51. The maximum absolute atomic E-state index is 14.5. The summed E-state index contributed by atoms with van der Waals surface area (Å²) >= 11 is 0. The molecule has 1 saturated heterocycles. The van der Waals surface area contributed by atoms with E-state index in [0.717, 1.165) is 22.4 Å². The predicted molar refractivity (Wildman–Crippen MR) is 174 cm³/mol. The van der Waals surface area contributed by atoms with Crippen LogP contribution in [-0.4, -0.2) is 54.3 Å². The van der Waals surface area contributed by atoms with Gasteiger partial charge in [0, 0.05) is 37.6 Å². The second kappa shape index (κ2) is 13.5. The second-order valence-corrected chi connectivity index (χ2v) is 13.9. The van der Waals surface area contributed by atoms with Gasteiger partial charge in [-0.15, -0.1) is 0 Å². The third-order valence-electron chi connectivity index (χ3n) is 8.81. The Morgan fingerprint density at radius 1 is 0.909 bits per heavy atom. The number of carbonyl (C=O) groups is 2. The van der Waals surface area contributed by atoms with Crippen molar-refractivity contribution in [2.24, 2.45) is 11.3 Å². The van der Waals surface area contributed by atoms with Gasteiger partial charge in [0.05, 0.1) is 13.2 Å². The summed E-state index contributed by atoms with van der Waals surface area (Å²) in [6, 6.07) is 23.7. The van der Waals surface area contributed by atoms with E-state index < -0.39 is 35.5 Å². The minimum Gasteiger partial charge on any atom is -0.496 e. The average molecular weight is 601 g/mol. The Labute approximate surface area is 262 Å². The van der Waals surface area contributed by atoms with Gasteiger partial charge in [-0.05, 0) is 33.6 Å². The van der Waals surface area contributed by atoms with Crippen LogP contribution < -0.4 is 10.1 Å². The molecular formula is C37H48N2O5. The van der Waals surface area contributed by atoms with Gasteiger partial charge in [-0.25, -0.2) is 4.79 Å². The van der Waals surface area contributed by atoms with Crippen LogP contribution in [0.2, 0.25) is 0 Å². The summed E-state index contributed by atoms with van der Waals surface area (Å²) in [5, 5.41) is 14.6. The lowest BCUT2D eigenvalue weighted by atomic mass is 9.72. The number of ether oxygens (including phenoxy) is 2. The van der Waals surface area contributed by atoms with E-state index in [2.05, 4.69) is 59.0 Å². The smallest absolute Gasteiger partial charge is 0.326 e. The largest absolute Gasteiger partial charge is 0.496 e. The molecule has 5 atom stereocenters. The first-order valence-electron chi connectivity index (χ1n) is 15.3. The minimum absolute atomic E-state index is 0.0551. The molecule has 2 N–H and O–H groups in total. The fourth-order valence-corrected chi connectivity index (χ4v) is 6.60. The van der Waals surface area contributed by atoms with Gasteiger partial charge < -0.3 is 24.8 Å². The Kier molecular flexibility index (Phi) is 10.2. The number of nitrogens with zero attached hydrogens (tertiary/aromatic N) is 1. The molecule has 1 fully saturated rings. The van der Waals surface area contributed by atoms with Crippen molar-refractivity contribution in [2.75, 3.05) is 14.2 Å². The summed E-state index contributed by atoms with van der Waals surface area (Å²) in [4.78, 5) is 29.3. The highest BCUT2D eigenvalue weighted by molar-refractivity contribution is 5.88. The zero-order valence-corrected chi connectivity index (χ0v) is 27.3. The first-order valence-corrected chi connectivity index (χ1v) is 15.3. The molecule has 7 nitrogen and oxygen atoms in total. The van der Waals surface area contributed by atoms with Crippen LogP contribution in [0.4, 0.5) is 0 Å². The number of carbonyl (C=O) groups excluding carboxylic acids is 1. The van der Waals surface area contributed by atoms with Crippen LogP contribution in [0, 0.1) is 11.3 Å². The molecule has 4 rings (SSSR count). The zero-order chi connectivity index (χ0) is 32.2. The van der Waals surface area contributed by atoms with Crippen LogP contribution in [0.5, 0.6) is 5.75 Å². The highest BCUT2D eigenvalue weighted by Gasteiger charge is 2.58. The van der Waals surface area contributed by atoms with Crippen LogP contribution in [0.15, 0.2) is 78.9 Å². The Hall–Kier alpha value is -3.68. The molecule has 44 heavy (non-hydrogen) atoms. The Morgan fingerprint density at radius 2 is 1.52 bits per heavy atom. The zero-order valence-electron chi connectivity index (χ0n) is 27.3. The molecule has 1 unspecified atom stereocenters. The average Bonchev–Trinajstić information content (AvgIpc) is 3.35. The van der Waals surface area contributed by atoms with Crippen molar-refractivity contribution in [3.8, 4) is 5.75 Å². The van der Waals surface area contributed by atoms with Crippen molar-refractivity contribution in [3.63, 3.8) is 0 Å². The first kappa shape index (κ1) is 33.2. The summed E-state index contributed by atoms with van der Waals surface area (Å²) in [6.07, 6.45) is -0.497. The van der Waals surface area contributed by atoms with Crippen molar-refractivity contribution in [1.29, 1.82) is 0 Å². The van der Waals surface area contributed by atoms with E-state index in [0.29, 0.717) is 13.0 Å². The van der Waals surface area contributed by atoms with Gasteiger partial charge in [0.1, 0.15) is 17.9 Å². The van der Waals surface area contributed by atoms with Gasteiger partial charge in [0.15, 0.2) is 0 Å². The minimum atomic E-state index is -1.07. The molecule has 3 aromatic carbocycles. The molecule has 0 spiro atoms. The van der Waals surface area contributed by atoms with E-state index in [1.54, 1.807) is 12.0 Å². The van der Waals surface area contributed by atoms with Gasteiger partial charge in [-0.1, -0.05) is 114 Å². The summed E-state index contributed by atoms with van der Waals surface area (Å²) in [5.74, 6) is -1.01. The number of likely N-dealkylation sites (tertiary alicyclic amines) is 1. The van der Waals surface area contributed by atoms with Crippen LogP contribution in [0.1, 0.15) is 69.8 Å². The lowest BCUT2D eigenvalue weighted by molar-refractivity contribution is -0.157. The van der Waals surface area contributed by atoms with Gasteiger partial charge in [0.25, 0.3) is 5.91 Å². The number of hydrogen-bond donors (Lipinski definition) is 2. The van der Waals surface area contributed by atoms with Gasteiger partial charge in [-0.2, -0.15) is 0 Å². The van der Waals surface area contributed by atoms with Crippen LogP contribution in [0.25, 0.3) is 0 Å². The summed E-state index contributed by atoms with van der Waals surface area (Å²) < 4.78 is 11.5. The number of aliphatic carboxylic acids is 1. The molecule has 0 aromatic heterocycles. The number of amides is 1. The van der Waals surface area contributed by atoms with Crippen molar-refractivity contribution < 1.29 is 24.2 Å². The molecule has 0 radical (unpaired) electrons. The highest BCUT2D eigenvalue weighted by atomic mass is 16.5. The third kappa shape index (κ3) is 7.16. The van der Waals surface area contributed by atoms with Crippen LogP contribution in [-0.2, 0) is 32.7 Å². The highest BCUT2D eigenvalue weighted by Crippen LogP contribution is 2.48. The Balaban J connectivity index is 1.82. The fourth-order valence-electron chi connectivity index (χ4n) is 6.60. The molecule has 236 valence electrons. The van der Waals surface area contributed by atoms with Crippen molar-refractivity contribution in [3.05, 3.63) is 101 Å². The monoisotopic (exact) mass is 600 g/mol. The van der Waals surface area contributed by atoms with E-state index in [1.165, 1.54) is 12.7 Å². The standard InChI is InChI=1S/C37H48N2O5/c1-36(2,3)27-19-20-28(43-7)26(22-27)23-38-31-30(37(4,5)6)33(35(41)42)39(32(31)25-17-13-10-14-18-25)34(40)29(44-8)21-24-15-11-9-12-16-24/h9-20,22,29-33,38H,21,23H2,1-8H3,(H,41,42)/t29?,30-,31-,32-,33-/m0/s1. The SMILES string of the molecule is COc1ccc(C(C)(C)C)cc1CN[C@H]1[C@H](C(C)(C)C)[C@@H](C(=O)O)N(C(=O)C(Cc2ccccc2)OC)[C@H]1c1ccccc1. The molecule has 7 heteroatoms. The van der Waals surface area contributed by atoms with E-state index in [-0.39, 0.29) is 17.4 Å². The van der Waals surface area contributed by atoms with Crippen molar-refractivity contribution in [2.45, 2.75) is 84.2 Å². The van der Waals surface area contributed by atoms with Gasteiger partial charge >= 0.3 is 5.97 Å². The van der Waals surface area contributed by atoms with Gasteiger partial charge in [0.2, 0.25) is 0 Å². The normalized spacial score (nSPS) is 21.2. The molecule has 1 heterocycles. The maximum atomic E-state index is 14.5. The number of carboxylic acids is 1. The number of rotatable bonds is 10. The molecule has 1 aliphatic rings. The molecule has 0 aliphatic carbocycles. The van der Waals surface area contributed by atoms with Gasteiger partial charge in [-0.3, -0.25) is 4.79 Å². The summed E-state index contributed by atoms with van der Waals surface area (Å²) in [5.41, 5.74) is 3.47. The van der Waals surface area contributed by atoms with E-state index in [9.17, 15) is 14.7 Å². The topological polar surface area (TPSA) is 88.1 Å². The van der Waals surface area contributed by atoms with Crippen molar-refractivity contribution in [1.82, 2.24) is 10.2 Å². The quantitative estimate of drug-likeness (QED) is 0.280. The number of methoxy groups -OCH3 is 2. The van der Waals surface area contributed by atoms with E-state index in [1.807, 2.05) is 66.7 Å². The van der Waals surface area contributed by atoms with Crippen molar-refractivity contribution >= 4 is 11.9 Å². The predicted octanol–water partition coefficient (Wildman–Crippen LogP) is 6.41. The molecule has 1 amide bonds. The Morgan fingerprint density at radius 3 is 2.05 bits per heavy atom. The van der Waals surface area contributed by atoms with E-state index >= 15 is 0 Å².